The smallest absolute Gasteiger partial charge is 0.228 e. The fourth-order valence-corrected chi connectivity index (χ4v) is 1.86. The Bertz CT molecular complexity index is 549. The lowest BCUT2D eigenvalue weighted by molar-refractivity contribution is -0.115. The third kappa shape index (κ3) is 3.37. The molecule has 3 heteroatoms. The number of rotatable bonds is 3. The second-order valence-corrected chi connectivity index (χ2v) is 4.72. The van der Waals surface area contributed by atoms with Crippen molar-refractivity contribution in [1.29, 1.82) is 0 Å². The maximum atomic E-state index is 11.9. The summed E-state index contributed by atoms with van der Waals surface area (Å²) in [6.07, 6.45) is 0.377. The van der Waals surface area contributed by atoms with Gasteiger partial charge in [-0.2, -0.15) is 0 Å². The lowest BCUT2D eigenvalue weighted by Gasteiger charge is -2.08. The van der Waals surface area contributed by atoms with Gasteiger partial charge in [0.25, 0.3) is 0 Å². The number of amides is 1. The Morgan fingerprint density at radius 2 is 1.78 bits per heavy atom. The second kappa shape index (κ2) is 5.74. The van der Waals surface area contributed by atoms with E-state index in [0.717, 1.165) is 21.7 Å². The highest BCUT2D eigenvalue weighted by Gasteiger charge is 2.05. The van der Waals surface area contributed by atoms with Crippen molar-refractivity contribution >= 4 is 24.2 Å². The van der Waals surface area contributed by atoms with Crippen LogP contribution in [0.1, 0.15) is 11.1 Å². The third-order valence-electron chi connectivity index (χ3n) is 2.72. The molecule has 0 bridgehead atoms. The zero-order chi connectivity index (χ0) is 13.0. The number of hydrogen-bond acceptors (Lipinski definition) is 2. The minimum absolute atomic E-state index is 0.00351. The van der Waals surface area contributed by atoms with Crippen molar-refractivity contribution in [2.24, 2.45) is 0 Å². The van der Waals surface area contributed by atoms with Gasteiger partial charge in [-0.3, -0.25) is 4.79 Å². The molecule has 0 heterocycles. The summed E-state index contributed by atoms with van der Waals surface area (Å²) < 4.78 is 0. The first-order chi connectivity index (χ1) is 8.65. The molecule has 1 amide bonds. The van der Waals surface area contributed by atoms with Gasteiger partial charge in [0.05, 0.1) is 6.42 Å². The highest BCUT2D eigenvalue weighted by Crippen LogP contribution is 2.14. The fourth-order valence-electron chi connectivity index (χ4n) is 1.71. The van der Waals surface area contributed by atoms with Gasteiger partial charge in [-0.25, -0.2) is 0 Å². The van der Waals surface area contributed by atoms with Crippen molar-refractivity contribution < 1.29 is 4.79 Å². The molecule has 0 aliphatic heterocycles. The molecule has 2 aromatic carbocycles. The van der Waals surface area contributed by atoms with Crippen molar-refractivity contribution in [3.8, 4) is 0 Å². The van der Waals surface area contributed by atoms with E-state index in [9.17, 15) is 4.79 Å². The first-order valence-electron chi connectivity index (χ1n) is 5.78. The molecule has 18 heavy (non-hydrogen) atoms. The zero-order valence-electron chi connectivity index (χ0n) is 10.2. The van der Waals surface area contributed by atoms with Gasteiger partial charge in [0, 0.05) is 10.6 Å². The highest BCUT2D eigenvalue weighted by molar-refractivity contribution is 7.80. The van der Waals surface area contributed by atoms with E-state index in [4.69, 9.17) is 0 Å². The van der Waals surface area contributed by atoms with E-state index in [-0.39, 0.29) is 5.91 Å². The third-order valence-corrected chi connectivity index (χ3v) is 3.02. The Balaban J connectivity index is 2.01. The number of carbonyl (C=O) groups excluding carboxylic acids is 1. The van der Waals surface area contributed by atoms with Gasteiger partial charge in [0.2, 0.25) is 5.91 Å². The van der Waals surface area contributed by atoms with Crippen LogP contribution >= 0.6 is 12.6 Å². The van der Waals surface area contributed by atoms with Gasteiger partial charge in [-0.15, -0.1) is 12.6 Å². The fraction of sp³-hybridized carbons (Fsp3) is 0.133. The average molecular weight is 257 g/mol. The van der Waals surface area contributed by atoms with Gasteiger partial charge < -0.3 is 5.32 Å². The topological polar surface area (TPSA) is 29.1 Å². The number of para-hydroxylation sites is 1. The molecular weight excluding hydrogens is 242 g/mol. The maximum Gasteiger partial charge on any atom is 0.228 e. The summed E-state index contributed by atoms with van der Waals surface area (Å²) in [4.78, 5) is 12.8. The first kappa shape index (κ1) is 12.7. The van der Waals surface area contributed by atoms with Crippen molar-refractivity contribution in [2.75, 3.05) is 5.32 Å². The molecule has 0 atom stereocenters. The Morgan fingerprint density at radius 1 is 1.11 bits per heavy atom. The van der Waals surface area contributed by atoms with Crippen LogP contribution in [-0.2, 0) is 11.2 Å². The molecule has 2 aromatic rings. The summed E-state index contributed by atoms with van der Waals surface area (Å²) >= 11 is 4.22. The summed E-state index contributed by atoms with van der Waals surface area (Å²) in [6.45, 7) is 1.98. The average Bonchev–Trinajstić information content (AvgIpc) is 2.35. The van der Waals surface area contributed by atoms with E-state index in [1.165, 1.54) is 0 Å². The van der Waals surface area contributed by atoms with Crippen LogP contribution in [0.15, 0.2) is 53.4 Å². The monoisotopic (exact) mass is 257 g/mol. The molecule has 0 aromatic heterocycles. The number of benzene rings is 2. The van der Waals surface area contributed by atoms with Gasteiger partial charge in [-0.1, -0.05) is 30.3 Å². The molecule has 92 valence electrons. The van der Waals surface area contributed by atoms with Crippen molar-refractivity contribution in [1.82, 2.24) is 0 Å². The summed E-state index contributed by atoms with van der Waals surface area (Å²) in [6, 6.07) is 15.4. The first-order valence-corrected chi connectivity index (χ1v) is 6.23. The predicted molar refractivity (Wildman–Crippen MR) is 77.2 cm³/mol. The van der Waals surface area contributed by atoms with Crippen molar-refractivity contribution in [3.05, 3.63) is 59.7 Å². The standard InChI is InChI=1S/C15H15NOS/c1-11-4-2-3-5-14(11)16-15(17)10-12-6-8-13(18)9-7-12/h2-9,18H,10H2,1H3,(H,16,17). The van der Waals surface area contributed by atoms with E-state index >= 15 is 0 Å². The molecule has 1 N–H and O–H groups in total. The van der Waals surface area contributed by atoms with E-state index in [1.54, 1.807) is 0 Å². The van der Waals surface area contributed by atoms with Crippen LogP contribution in [0, 0.1) is 6.92 Å². The zero-order valence-corrected chi connectivity index (χ0v) is 11.1. The number of carbonyl (C=O) groups is 1. The predicted octanol–water partition coefficient (Wildman–Crippen LogP) is 3.46. The van der Waals surface area contributed by atoms with Gasteiger partial charge >= 0.3 is 0 Å². The quantitative estimate of drug-likeness (QED) is 0.810. The Kier molecular flexibility index (Phi) is 4.05. The Morgan fingerprint density at radius 3 is 2.44 bits per heavy atom. The molecule has 0 saturated heterocycles. The lowest BCUT2D eigenvalue weighted by Crippen LogP contribution is -2.15. The van der Waals surface area contributed by atoms with E-state index in [0.29, 0.717) is 6.42 Å². The van der Waals surface area contributed by atoms with E-state index in [2.05, 4.69) is 17.9 Å². The summed E-state index contributed by atoms with van der Waals surface area (Å²) in [5, 5.41) is 2.92. The highest BCUT2D eigenvalue weighted by atomic mass is 32.1. The van der Waals surface area contributed by atoms with Crippen molar-refractivity contribution in [2.45, 2.75) is 18.2 Å². The van der Waals surface area contributed by atoms with E-state index in [1.807, 2.05) is 55.5 Å². The van der Waals surface area contributed by atoms with Gasteiger partial charge in [0.1, 0.15) is 0 Å². The number of aryl methyl sites for hydroxylation is 1. The molecule has 0 spiro atoms. The second-order valence-electron chi connectivity index (χ2n) is 4.21. The van der Waals surface area contributed by atoms with Crippen LogP contribution in [0.2, 0.25) is 0 Å². The van der Waals surface area contributed by atoms with Crippen molar-refractivity contribution in [3.63, 3.8) is 0 Å². The van der Waals surface area contributed by atoms with E-state index < -0.39 is 0 Å². The Hall–Kier alpha value is -1.74. The van der Waals surface area contributed by atoms with Crippen LogP contribution in [0.25, 0.3) is 0 Å². The molecule has 0 aliphatic carbocycles. The lowest BCUT2D eigenvalue weighted by atomic mass is 10.1. The minimum atomic E-state index is -0.00351. The summed E-state index contributed by atoms with van der Waals surface area (Å²) in [5.74, 6) is -0.00351. The summed E-state index contributed by atoms with van der Waals surface area (Å²) in [5.41, 5.74) is 2.92. The van der Waals surface area contributed by atoms with Crippen LogP contribution in [0.5, 0.6) is 0 Å². The molecule has 0 aliphatic rings. The van der Waals surface area contributed by atoms with Crippen LogP contribution in [-0.4, -0.2) is 5.91 Å². The minimum Gasteiger partial charge on any atom is -0.326 e. The Labute approximate surface area is 112 Å². The molecule has 0 radical (unpaired) electrons. The molecule has 2 nitrogen and oxygen atoms in total. The van der Waals surface area contributed by atoms with Gasteiger partial charge in [-0.05, 0) is 36.2 Å². The van der Waals surface area contributed by atoms with Crippen LogP contribution in [0.4, 0.5) is 5.69 Å². The van der Waals surface area contributed by atoms with Crippen LogP contribution in [0.3, 0.4) is 0 Å². The summed E-state index contributed by atoms with van der Waals surface area (Å²) in [7, 11) is 0. The molecule has 0 fully saturated rings. The number of nitrogens with one attached hydrogen (secondary N) is 1. The maximum absolute atomic E-state index is 11.9. The molecule has 0 unspecified atom stereocenters. The molecule has 0 saturated carbocycles. The molecule has 2 rings (SSSR count). The van der Waals surface area contributed by atoms with Crippen LogP contribution < -0.4 is 5.32 Å². The largest absolute Gasteiger partial charge is 0.326 e. The molecular formula is C15H15NOS. The number of thiol groups is 1. The number of hydrogen-bond donors (Lipinski definition) is 2. The normalized spacial score (nSPS) is 10.1. The number of anilines is 1. The SMILES string of the molecule is Cc1ccccc1NC(=O)Cc1ccc(S)cc1. The van der Waals surface area contributed by atoms with Gasteiger partial charge in [0.15, 0.2) is 0 Å².